The second kappa shape index (κ2) is 7.92. The molecule has 1 amide bonds. The Bertz CT molecular complexity index is 643. The van der Waals surface area contributed by atoms with Gasteiger partial charge < -0.3 is 14.2 Å². The van der Waals surface area contributed by atoms with E-state index in [9.17, 15) is 4.79 Å². The van der Waals surface area contributed by atoms with Crippen LogP contribution in [0.15, 0.2) is 10.6 Å². The highest BCUT2D eigenvalue weighted by atomic mass is 16.5. The smallest absolute Gasteiger partial charge is 0.222 e. The second-order valence-electron chi connectivity index (χ2n) is 9.06. The van der Waals surface area contributed by atoms with Gasteiger partial charge in [0, 0.05) is 32.2 Å². The van der Waals surface area contributed by atoms with Crippen molar-refractivity contribution in [3.8, 4) is 0 Å². The Morgan fingerprint density at radius 3 is 2.78 bits per heavy atom. The number of hydrogen-bond donors (Lipinski definition) is 0. The lowest BCUT2D eigenvalue weighted by Crippen LogP contribution is -2.52. The maximum atomic E-state index is 12.4. The first-order valence-electron chi connectivity index (χ1n) is 10.6. The number of carbonyl (C=O) groups excluding carboxylic acids is 1. The minimum absolute atomic E-state index is 0.255. The summed E-state index contributed by atoms with van der Waals surface area (Å²) in [4.78, 5) is 17.0. The number of likely N-dealkylation sites (tertiary alicyclic amines) is 2. The summed E-state index contributed by atoms with van der Waals surface area (Å²) >= 11 is 0. The zero-order valence-corrected chi connectivity index (χ0v) is 16.8. The number of carbonyl (C=O) groups is 1. The molecule has 0 unspecified atom stereocenters. The van der Waals surface area contributed by atoms with Crippen molar-refractivity contribution in [3.05, 3.63) is 17.5 Å². The third-order valence-electron chi connectivity index (χ3n) is 6.66. The second-order valence-corrected chi connectivity index (χ2v) is 9.06. The van der Waals surface area contributed by atoms with Crippen molar-refractivity contribution in [1.82, 2.24) is 15.0 Å². The molecular formula is C21H33N3O3. The van der Waals surface area contributed by atoms with Gasteiger partial charge in [-0.05, 0) is 56.5 Å². The van der Waals surface area contributed by atoms with E-state index in [1.807, 2.05) is 0 Å². The molecule has 0 aliphatic carbocycles. The molecule has 3 saturated heterocycles. The SMILES string of the molecule is CC(C)c1cc(CN2CCC3(CCC(=O)N(C[C@H]4CCCO4)C3)CC2)on1. The van der Waals surface area contributed by atoms with E-state index < -0.39 is 0 Å². The molecule has 1 aromatic heterocycles. The average Bonchev–Trinajstić information content (AvgIpc) is 3.33. The van der Waals surface area contributed by atoms with Crippen LogP contribution in [0.5, 0.6) is 0 Å². The highest BCUT2D eigenvalue weighted by Crippen LogP contribution is 2.40. The molecule has 4 heterocycles. The van der Waals surface area contributed by atoms with Crippen molar-refractivity contribution in [2.75, 3.05) is 32.8 Å². The van der Waals surface area contributed by atoms with Crippen LogP contribution in [0.1, 0.15) is 69.7 Å². The van der Waals surface area contributed by atoms with Crippen molar-refractivity contribution in [3.63, 3.8) is 0 Å². The molecule has 27 heavy (non-hydrogen) atoms. The van der Waals surface area contributed by atoms with Gasteiger partial charge >= 0.3 is 0 Å². The molecule has 0 radical (unpaired) electrons. The number of piperidine rings is 2. The Morgan fingerprint density at radius 1 is 1.30 bits per heavy atom. The van der Waals surface area contributed by atoms with Crippen molar-refractivity contribution >= 4 is 5.91 Å². The summed E-state index contributed by atoms with van der Waals surface area (Å²) in [5, 5.41) is 4.17. The van der Waals surface area contributed by atoms with E-state index in [0.29, 0.717) is 23.7 Å². The normalized spacial score (nSPS) is 26.4. The van der Waals surface area contributed by atoms with Crippen LogP contribution in [0.2, 0.25) is 0 Å². The van der Waals surface area contributed by atoms with Gasteiger partial charge in [0.2, 0.25) is 5.91 Å². The number of nitrogens with zero attached hydrogens (tertiary/aromatic N) is 3. The number of amides is 1. The lowest BCUT2D eigenvalue weighted by atomic mass is 9.72. The number of hydrogen-bond acceptors (Lipinski definition) is 5. The lowest BCUT2D eigenvalue weighted by molar-refractivity contribution is -0.141. The van der Waals surface area contributed by atoms with E-state index in [1.165, 1.54) is 0 Å². The summed E-state index contributed by atoms with van der Waals surface area (Å²) in [5.41, 5.74) is 1.34. The van der Waals surface area contributed by atoms with E-state index in [4.69, 9.17) is 9.26 Å². The molecule has 3 aliphatic heterocycles. The zero-order valence-electron chi connectivity index (χ0n) is 16.8. The minimum Gasteiger partial charge on any atom is -0.376 e. The fourth-order valence-corrected chi connectivity index (χ4v) is 4.79. The molecule has 6 heteroatoms. The summed E-state index contributed by atoms with van der Waals surface area (Å²) in [6.07, 6.45) is 6.55. The van der Waals surface area contributed by atoms with Gasteiger partial charge in [0.05, 0.1) is 18.3 Å². The molecular weight excluding hydrogens is 342 g/mol. The highest BCUT2D eigenvalue weighted by Gasteiger charge is 2.41. The highest BCUT2D eigenvalue weighted by molar-refractivity contribution is 5.77. The van der Waals surface area contributed by atoms with E-state index in [2.05, 4.69) is 34.9 Å². The molecule has 150 valence electrons. The molecule has 0 saturated carbocycles. The molecule has 3 fully saturated rings. The number of ether oxygens (including phenoxy) is 1. The van der Waals surface area contributed by atoms with Gasteiger partial charge in [-0.15, -0.1) is 0 Å². The molecule has 3 aliphatic rings. The molecule has 1 atom stereocenters. The molecule has 6 nitrogen and oxygen atoms in total. The Morgan fingerprint density at radius 2 is 2.11 bits per heavy atom. The Hall–Kier alpha value is -1.40. The van der Waals surface area contributed by atoms with Crippen molar-refractivity contribution in [2.24, 2.45) is 5.41 Å². The first-order chi connectivity index (χ1) is 13.0. The maximum Gasteiger partial charge on any atom is 0.222 e. The molecule has 0 bridgehead atoms. The summed E-state index contributed by atoms with van der Waals surface area (Å²) in [6, 6.07) is 2.09. The zero-order chi connectivity index (χ0) is 18.9. The molecule has 1 aromatic rings. The first-order valence-corrected chi connectivity index (χ1v) is 10.6. The van der Waals surface area contributed by atoms with E-state index in [1.54, 1.807) is 0 Å². The van der Waals surface area contributed by atoms with Crippen molar-refractivity contribution in [2.45, 2.75) is 70.9 Å². The quantitative estimate of drug-likeness (QED) is 0.791. The molecule has 1 spiro atoms. The van der Waals surface area contributed by atoms with Crippen LogP contribution in [-0.2, 0) is 16.1 Å². The predicted molar refractivity (Wildman–Crippen MR) is 102 cm³/mol. The largest absolute Gasteiger partial charge is 0.376 e. The van der Waals surface area contributed by atoms with Crippen LogP contribution >= 0.6 is 0 Å². The van der Waals surface area contributed by atoms with Gasteiger partial charge in [0.15, 0.2) is 5.76 Å². The Kier molecular flexibility index (Phi) is 5.55. The van der Waals surface area contributed by atoms with Gasteiger partial charge in [-0.2, -0.15) is 0 Å². The van der Waals surface area contributed by atoms with Gasteiger partial charge in [-0.1, -0.05) is 19.0 Å². The topological polar surface area (TPSA) is 58.8 Å². The van der Waals surface area contributed by atoms with Gasteiger partial charge in [0.25, 0.3) is 0 Å². The summed E-state index contributed by atoms with van der Waals surface area (Å²) < 4.78 is 11.3. The van der Waals surface area contributed by atoms with Gasteiger partial charge in [0.1, 0.15) is 0 Å². The number of rotatable bonds is 5. The van der Waals surface area contributed by atoms with Gasteiger partial charge in [-0.25, -0.2) is 0 Å². The van der Waals surface area contributed by atoms with Crippen LogP contribution in [0.3, 0.4) is 0 Å². The summed E-state index contributed by atoms with van der Waals surface area (Å²) in [5.74, 6) is 1.69. The standard InChI is InChI=1S/C21H33N3O3/c1-16(2)19-12-18(27-22-19)13-23-9-7-21(8-10-23)6-5-20(25)24(15-21)14-17-4-3-11-26-17/h12,16-17H,3-11,13-15H2,1-2H3/t17-/m1/s1. The molecule has 4 rings (SSSR count). The predicted octanol–water partition coefficient (Wildman–Crippen LogP) is 3.18. The van der Waals surface area contributed by atoms with E-state index in [0.717, 1.165) is 82.9 Å². The number of aromatic nitrogens is 1. The van der Waals surface area contributed by atoms with Crippen LogP contribution in [0.25, 0.3) is 0 Å². The molecule has 0 aromatic carbocycles. The Balaban J connectivity index is 1.31. The fraction of sp³-hybridized carbons (Fsp3) is 0.810. The minimum atomic E-state index is 0.255. The maximum absolute atomic E-state index is 12.4. The fourth-order valence-electron chi connectivity index (χ4n) is 4.79. The van der Waals surface area contributed by atoms with Crippen molar-refractivity contribution in [1.29, 1.82) is 0 Å². The third-order valence-corrected chi connectivity index (χ3v) is 6.66. The van der Waals surface area contributed by atoms with Crippen LogP contribution in [0, 0.1) is 5.41 Å². The summed E-state index contributed by atoms with van der Waals surface area (Å²) in [7, 11) is 0. The van der Waals surface area contributed by atoms with Crippen LogP contribution in [-0.4, -0.2) is 59.8 Å². The Labute approximate surface area is 162 Å². The van der Waals surface area contributed by atoms with E-state index in [-0.39, 0.29) is 6.10 Å². The van der Waals surface area contributed by atoms with Crippen molar-refractivity contribution < 1.29 is 14.1 Å². The van der Waals surface area contributed by atoms with Crippen LogP contribution < -0.4 is 0 Å². The average molecular weight is 376 g/mol. The summed E-state index contributed by atoms with van der Waals surface area (Å²) in [6.45, 7) is 9.82. The third kappa shape index (κ3) is 4.37. The molecule has 0 N–H and O–H groups in total. The lowest BCUT2D eigenvalue weighted by Gasteiger charge is -2.47. The monoisotopic (exact) mass is 375 g/mol. The van der Waals surface area contributed by atoms with E-state index >= 15 is 0 Å². The van der Waals surface area contributed by atoms with Gasteiger partial charge in [-0.3, -0.25) is 9.69 Å². The first kappa shape index (κ1) is 18.9. The van der Waals surface area contributed by atoms with Crippen LogP contribution in [0.4, 0.5) is 0 Å².